The number of urea groups is 1. The molecule has 0 saturated heterocycles. The largest absolute Gasteiger partial charge is 0.424 e. The number of amides is 2. The maximum Gasteiger partial charge on any atom is 0.323 e. The van der Waals surface area contributed by atoms with Crippen molar-refractivity contribution < 1.29 is 23.6 Å². The minimum atomic E-state index is -0.733. The van der Waals surface area contributed by atoms with E-state index in [4.69, 9.17) is 4.74 Å². The van der Waals surface area contributed by atoms with E-state index in [9.17, 15) is 24.1 Å². The summed E-state index contributed by atoms with van der Waals surface area (Å²) in [4.78, 5) is 33.1. The second-order valence-electron chi connectivity index (χ2n) is 4.62. The zero-order valence-corrected chi connectivity index (χ0v) is 12.4. The molecular weight excluding hydrogens is 321 g/mol. The molecule has 0 fully saturated rings. The molecule has 0 saturated carbocycles. The lowest BCUT2D eigenvalue weighted by atomic mass is 10.2. The SMILES string of the molecule is CC(=O)Oc1cc([N+](=O)[O-])ccc1NC(=O)Nc1cccc(F)c1. The first-order chi connectivity index (χ1) is 11.3. The molecule has 0 heterocycles. The number of halogens is 1. The van der Waals surface area contributed by atoms with Crippen LogP contribution in [0.15, 0.2) is 42.5 Å². The first-order valence-electron chi connectivity index (χ1n) is 6.65. The summed E-state index contributed by atoms with van der Waals surface area (Å²) in [6.07, 6.45) is 0. The van der Waals surface area contributed by atoms with Gasteiger partial charge in [-0.2, -0.15) is 0 Å². The van der Waals surface area contributed by atoms with Gasteiger partial charge in [-0.3, -0.25) is 14.9 Å². The molecule has 24 heavy (non-hydrogen) atoms. The highest BCUT2D eigenvalue weighted by Crippen LogP contribution is 2.29. The summed E-state index contributed by atoms with van der Waals surface area (Å²) in [5.41, 5.74) is -0.0458. The van der Waals surface area contributed by atoms with Crippen LogP contribution in [0.1, 0.15) is 6.92 Å². The number of non-ortho nitro benzene ring substituents is 1. The Hall–Kier alpha value is -3.49. The van der Waals surface area contributed by atoms with Crippen molar-refractivity contribution in [3.63, 3.8) is 0 Å². The highest BCUT2D eigenvalue weighted by molar-refractivity contribution is 6.01. The van der Waals surface area contributed by atoms with Crippen molar-refractivity contribution in [2.75, 3.05) is 10.6 Å². The lowest BCUT2D eigenvalue weighted by molar-refractivity contribution is -0.384. The second kappa shape index (κ2) is 7.18. The molecule has 0 aliphatic rings. The third-order valence-corrected chi connectivity index (χ3v) is 2.76. The van der Waals surface area contributed by atoms with Crippen molar-refractivity contribution in [1.29, 1.82) is 0 Å². The van der Waals surface area contributed by atoms with E-state index in [0.717, 1.165) is 25.1 Å². The average Bonchev–Trinajstić information content (AvgIpc) is 2.48. The monoisotopic (exact) mass is 333 g/mol. The van der Waals surface area contributed by atoms with Crippen LogP contribution in [0.5, 0.6) is 5.75 Å². The number of hydrogen-bond acceptors (Lipinski definition) is 5. The zero-order chi connectivity index (χ0) is 17.7. The van der Waals surface area contributed by atoms with E-state index in [-0.39, 0.29) is 22.8 Å². The number of nitro groups is 1. The molecule has 124 valence electrons. The van der Waals surface area contributed by atoms with Gasteiger partial charge in [-0.15, -0.1) is 0 Å². The van der Waals surface area contributed by atoms with Crippen molar-refractivity contribution in [2.24, 2.45) is 0 Å². The normalized spacial score (nSPS) is 9.92. The van der Waals surface area contributed by atoms with E-state index in [1.54, 1.807) is 0 Å². The molecule has 9 heteroatoms. The number of nitro benzene ring substituents is 1. The van der Waals surface area contributed by atoms with Crippen molar-refractivity contribution >= 4 is 29.1 Å². The van der Waals surface area contributed by atoms with Gasteiger partial charge in [0.25, 0.3) is 5.69 Å². The Morgan fingerprint density at radius 3 is 2.54 bits per heavy atom. The highest BCUT2D eigenvalue weighted by Gasteiger charge is 2.15. The van der Waals surface area contributed by atoms with E-state index in [0.29, 0.717) is 0 Å². The predicted octanol–water partition coefficient (Wildman–Crippen LogP) is 3.30. The fourth-order valence-corrected chi connectivity index (χ4v) is 1.82. The van der Waals surface area contributed by atoms with Crippen LogP contribution in [0, 0.1) is 15.9 Å². The van der Waals surface area contributed by atoms with Gasteiger partial charge in [0.1, 0.15) is 5.82 Å². The standard InChI is InChI=1S/C15H12FN3O5/c1-9(20)24-14-8-12(19(22)23)5-6-13(14)18-15(21)17-11-4-2-3-10(16)7-11/h2-8H,1H3,(H2,17,18,21). The number of ether oxygens (including phenoxy) is 1. The van der Waals surface area contributed by atoms with Gasteiger partial charge in [0, 0.05) is 18.7 Å². The van der Waals surface area contributed by atoms with E-state index in [2.05, 4.69) is 10.6 Å². The number of nitrogens with zero attached hydrogens (tertiary/aromatic N) is 1. The Bertz CT molecular complexity index is 809. The van der Waals surface area contributed by atoms with Crippen molar-refractivity contribution in [2.45, 2.75) is 6.92 Å². The van der Waals surface area contributed by atoms with Crippen LogP contribution in [0.2, 0.25) is 0 Å². The molecule has 0 radical (unpaired) electrons. The van der Waals surface area contributed by atoms with Crippen LogP contribution in [0.3, 0.4) is 0 Å². The smallest absolute Gasteiger partial charge is 0.323 e. The number of nitrogens with one attached hydrogen (secondary N) is 2. The molecule has 0 aliphatic heterocycles. The van der Waals surface area contributed by atoms with Gasteiger partial charge in [0.05, 0.1) is 16.7 Å². The van der Waals surface area contributed by atoms with Crippen LogP contribution in [-0.4, -0.2) is 16.9 Å². The van der Waals surface area contributed by atoms with Gasteiger partial charge in [-0.05, 0) is 24.3 Å². The molecule has 0 atom stereocenters. The number of hydrogen-bond donors (Lipinski definition) is 2. The van der Waals surface area contributed by atoms with E-state index in [1.165, 1.54) is 24.3 Å². The Morgan fingerprint density at radius 1 is 1.17 bits per heavy atom. The molecule has 2 aromatic rings. The summed E-state index contributed by atoms with van der Waals surface area (Å²) in [6, 6.07) is 7.88. The summed E-state index contributed by atoms with van der Waals surface area (Å²) in [6.45, 7) is 1.12. The number of carbonyl (C=O) groups excluding carboxylic acids is 2. The molecule has 0 unspecified atom stereocenters. The van der Waals surface area contributed by atoms with Gasteiger partial charge in [0.15, 0.2) is 5.75 Å². The third kappa shape index (κ3) is 4.50. The summed E-state index contributed by atoms with van der Waals surface area (Å²) in [5.74, 6) is -1.40. The predicted molar refractivity (Wildman–Crippen MR) is 83.4 cm³/mol. The first-order valence-corrected chi connectivity index (χ1v) is 6.65. The summed E-state index contributed by atoms with van der Waals surface area (Å²) in [5, 5.41) is 15.5. The molecular formula is C15H12FN3O5. The van der Waals surface area contributed by atoms with Gasteiger partial charge >= 0.3 is 12.0 Å². The van der Waals surface area contributed by atoms with E-state index in [1.807, 2.05) is 0 Å². The van der Waals surface area contributed by atoms with Gasteiger partial charge < -0.3 is 15.4 Å². The van der Waals surface area contributed by atoms with Crippen molar-refractivity contribution in [3.8, 4) is 5.75 Å². The Kier molecular flexibility index (Phi) is 5.05. The summed E-state index contributed by atoms with van der Waals surface area (Å²) < 4.78 is 17.9. The van der Waals surface area contributed by atoms with E-state index < -0.39 is 22.7 Å². The van der Waals surface area contributed by atoms with Gasteiger partial charge in [-0.25, -0.2) is 9.18 Å². The molecule has 0 aromatic heterocycles. The van der Waals surface area contributed by atoms with Gasteiger partial charge in [0.2, 0.25) is 0 Å². The molecule has 8 nitrogen and oxygen atoms in total. The van der Waals surface area contributed by atoms with Gasteiger partial charge in [-0.1, -0.05) is 6.07 Å². The maximum absolute atomic E-state index is 13.1. The quantitative estimate of drug-likeness (QED) is 0.386. The zero-order valence-electron chi connectivity index (χ0n) is 12.4. The summed E-state index contributed by atoms with van der Waals surface area (Å²) in [7, 11) is 0. The Morgan fingerprint density at radius 2 is 1.92 bits per heavy atom. The number of carbonyl (C=O) groups is 2. The number of anilines is 2. The minimum Gasteiger partial charge on any atom is -0.424 e. The number of esters is 1. The second-order valence-corrected chi connectivity index (χ2v) is 4.62. The number of rotatable bonds is 4. The highest BCUT2D eigenvalue weighted by atomic mass is 19.1. The average molecular weight is 333 g/mol. The van der Waals surface area contributed by atoms with E-state index >= 15 is 0 Å². The lowest BCUT2D eigenvalue weighted by Gasteiger charge is -2.11. The van der Waals surface area contributed by atoms with Crippen molar-refractivity contribution in [3.05, 3.63) is 58.4 Å². The van der Waals surface area contributed by atoms with Crippen LogP contribution in [0.25, 0.3) is 0 Å². The fraction of sp³-hybridized carbons (Fsp3) is 0.0667. The molecule has 0 aliphatic carbocycles. The van der Waals surface area contributed by atoms with Crippen LogP contribution < -0.4 is 15.4 Å². The van der Waals surface area contributed by atoms with Crippen molar-refractivity contribution in [1.82, 2.24) is 0 Å². The summed E-state index contributed by atoms with van der Waals surface area (Å²) >= 11 is 0. The minimum absolute atomic E-state index is 0.0460. The molecule has 0 spiro atoms. The molecule has 0 bridgehead atoms. The Labute approximate surface area is 135 Å². The molecule has 2 N–H and O–H groups in total. The topological polar surface area (TPSA) is 111 Å². The van der Waals surface area contributed by atoms with Crippen LogP contribution >= 0.6 is 0 Å². The third-order valence-electron chi connectivity index (χ3n) is 2.76. The van der Waals surface area contributed by atoms with Crippen LogP contribution in [0.4, 0.5) is 26.2 Å². The Balaban J connectivity index is 2.19. The van der Waals surface area contributed by atoms with Crippen LogP contribution in [-0.2, 0) is 4.79 Å². The molecule has 2 aromatic carbocycles. The lowest BCUT2D eigenvalue weighted by Crippen LogP contribution is -2.20. The fourth-order valence-electron chi connectivity index (χ4n) is 1.82. The molecule has 2 amide bonds. The molecule has 2 rings (SSSR count). The maximum atomic E-state index is 13.1. The number of benzene rings is 2. The first kappa shape index (κ1) is 16.9.